The van der Waals surface area contributed by atoms with Gasteiger partial charge >= 0.3 is 12.0 Å². The zero-order chi connectivity index (χ0) is 23.0. The summed E-state index contributed by atoms with van der Waals surface area (Å²) in [5, 5.41) is 12.6. The zero-order valence-corrected chi connectivity index (χ0v) is 18.1. The molecule has 31 heavy (non-hydrogen) atoms. The number of methoxy groups -OCH3 is 1. The third-order valence-electron chi connectivity index (χ3n) is 4.18. The molecule has 0 spiro atoms. The number of benzene rings is 2. The van der Waals surface area contributed by atoms with Crippen molar-refractivity contribution in [3.05, 3.63) is 71.5 Å². The van der Waals surface area contributed by atoms with Gasteiger partial charge in [-0.15, -0.1) is 0 Å². The van der Waals surface area contributed by atoms with Crippen LogP contribution in [0.15, 0.2) is 60.4 Å². The summed E-state index contributed by atoms with van der Waals surface area (Å²) in [4.78, 5) is 26.1. The first-order valence-corrected chi connectivity index (χ1v) is 9.60. The van der Waals surface area contributed by atoms with Gasteiger partial charge < -0.3 is 20.3 Å². The second-order valence-corrected chi connectivity index (χ2v) is 7.82. The number of carbonyl (C=O) groups excluding carboxylic acids is 2. The first kappa shape index (κ1) is 23.5. The highest BCUT2D eigenvalue weighted by Crippen LogP contribution is 2.21. The topological polar surface area (TPSA) is 125 Å². The number of nitrogens with two attached hydrogens (primary N) is 1. The lowest BCUT2D eigenvalue weighted by atomic mass is 9.93. The molecule has 0 aliphatic heterocycles. The molecule has 2 amide bonds. The summed E-state index contributed by atoms with van der Waals surface area (Å²) in [6.45, 7) is 5.75. The van der Waals surface area contributed by atoms with Crippen molar-refractivity contribution in [2.24, 2.45) is 11.1 Å². The minimum absolute atomic E-state index is 0.0269. The lowest BCUT2D eigenvalue weighted by molar-refractivity contribution is -0.337. The number of allylic oxidation sites excluding steroid dienone is 1. The van der Waals surface area contributed by atoms with Crippen LogP contribution in [0.2, 0.25) is 0 Å². The van der Waals surface area contributed by atoms with E-state index in [2.05, 4.69) is 10.3 Å². The first-order valence-electron chi connectivity index (χ1n) is 9.60. The van der Waals surface area contributed by atoms with E-state index >= 15 is 0 Å². The van der Waals surface area contributed by atoms with E-state index in [0.717, 1.165) is 5.56 Å². The Morgan fingerprint density at radius 2 is 1.84 bits per heavy atom. The molecule has 0 saturated carbocycles. The monoisotopic (exact) mass is 426 g/mol. The maximum atomic E-state index is 12.1. The number of rotatable bonds is 6. The quantitative estimate of drug-likeness (QED) is 0.243. The van der Waals surface area contributed by atoms with Crippen molar-refractivity contribution in [2.45, 2.75) is 27.4 Å². The predicted octanol–water partition coefficient (Wildman–Crippen LogP) is 2.51. The van der Waals surface area contributed by atoms with Gasteiger partial charge in [0.05, 0.1) is 18.4 Å². The molecular formula is C23H28N3O5+. The Kier molecular flexibility index (Phi) is 7.79. The highest BCUT2D eigenvalue weighted by molar-refractivity contribution is 5.92. The molecule has 164 valence electrons. The van der Waals surface area contributed by atoms with E-state index < -0.39 is 17.4 Å². The van der Waals surface area contributed by atoms with E-state index in [4.69, 9.17) is 15.2 Å². The average Bonchev–Trinajstić information content (AvgIpc) is 2.72. The van der Waals surface area contributed by atoms with E-state index in [1.54, 1.807) is 42.5 Å². The summed E-state index contributed by atoms with van der Waals surface area (Å²) in [7, 11) is 1.33. The van der Waals surface area contributed by atoms with Gasteiger partial charge in [-0.05, 0) is 42.0 Å². The Morgan fingerprint density at radius 3 is 2.45 bits per heavy atom. The third-order valence-corrected chi connectivity index (χ3v) is 4.18. The molecule has 2 rings (SSSR count). The first-order chi connectivity index (χ1) is 14.6. The summed E-state index contributed by atoms with van der Waals surface area (Å²) >= 11 is 0. The van der Waals surface area contributed by atoms with Crippen LogP contribution in [-0.4, -0.2) is 30.1 Å². The van der Waals surface area contributed by atoms with Crippen LogP contribution >= 0.6 is 0 Å². The van der Waals surface area contributed by atoms with Crippen molar-refractivity contribution >= 4 is 23.5 Å². The summed E-state index contributed by atoms with van der Waals surface area (Å²) < 4.78 is 10.4. The number of hydrogen-bond acceptors (Lipinski definition) is 5. The van der Waals surface area contributed by atoms with Gasteiger partial charge in [-0.25, -0.2) is 19.9 Å². The van der Waals surface area contributed by atoms with Gasteiger partial charge in [0.1, 0.15) is 18.1 Å². The number of amides is 2. The molecule has 0 radical (unpaired) electrons. The summed E-state index contributed by atoms with van der Waals surface area (Å²) in [5.74, 6) is 0.277. The van der Waals surface area contributed by atoms with E-state index in [-0.39, 0.29) is 18.2 Å². The molecule has 2 aromatic carbocycles. The number of aliphatic hydroxyl groups is 1. The van der Waals surface area contributed by atoms with Crippen LogP contribution in [0.5, 0.6) is 5.75 Å². The van der Waals surface area contributed by atoms with Crippen LogP contribution in [0.4, 0.5) is 10.5 Å². The highest BCUT2D eigenvalue weighted by atomic mass is 16.5. The van der Waals surface area contributed by atoms with Gasteiger partial charge in [-0.3, -0.25) is 0 Å². The predicted molar refractivity (Wildman–Crippen MR) is 118 cm³/mol. The van der Waals surface area contributed by atoms with Crippen LogP contribution in [0.3, 0.4) is 0 Å². The summed E-state index contributed by atoms with van der Waals surface area (Å²) in [6, 6.07) is 13.2. The number of esters is 1. The van der Waals surface area contributed by atoms with E-state index in [1.807, 2.05) is 26.8 Å². The SMILES string of the molecule is COC(=O)c1cccc(COc2ccc(NC(=O)/[NH+]=C(N)\C=C(/O)C(C)(C)C)cc2)c1. The van der Waals surface area contributed by atoms with Crippen LogP contribution in [0, 0.1) is 5.41 Å². The van der Waals surface area contributed by atoms with E-state index in [0.29, 0.717) is 17.0 Å². The highest BCUT2D eigenvalue weighted by Gasteiger charge is 2.17. The smallest absolute Gasteiger partial charge is 0.438 e. The van der Waals surface area contributed by atoms with Crippen LogP contribution in [0.1, 0.15) is 36.7 Å². The Bertz CT molecular complexity index is 989. The van der Waals surface area contributed by atoms with E-state index in [1.165, 1.54) is 13.2 Å². The molecule has 0 saturated heterocycles. The molecule has 0 heterocycles. The number of anilines is 1. The molecule has 2 aromatic rings. The van der Waals surface area contributed by atoms with Crippen molar-refractivity contribution in [1.29, 1.82) is 0 Å². The lowest BCUT2D eigenvalue weighted by Crippen LogP contribution is -2.80. The van der Waals surface area contributed by atoms with Crippen molar-refractivity contribution in [3.8, 4) is 5.75 Å². The number of urea groups is 1. The van der Waals surface area contributed by atoms with Gasteiger partial charge in [0.2, 0.25) is 5.84 Å². The van der Waals surface area contributed by atoms with Gasteiger partial charge in [-0.1, -0.05) is 32.9 Å². The maximum absolute atomic E-state index is 12.1. The number of nitrogens with one attached hydrogen (secondary N) is 2. The molecule has 0 atom stereocenters. The molecule has 0 aromatic heterocycles. The van der Waals surface area contributed by atoms with Gasteiger partial charge in [-0.2, -0.15) is 0 Å². The van der Waals surface area contributed by atoms with Crippen LogP contribution in [0.25, 0.3) is 0 Å². The number of hydrogen-bond donors (Lipinski definition) is 4. The average molecular weight is 426 g/mol. The Labute approximate surface area is 181 Å². The second-order valence-electron chi connectivity index (χ2n) is 7.82. The Morgan fingerprint density at radius 1 is 1.16 bits per heavy atom. The number of aliphatic hydroxyl groups excluding tert-OH is 1. The number of carbonyl (C=O) groups is 2. The van der Waals surface area contributed by atoms with Crippen LogP contribution < -0.4 is 20.8 Å². The normalized spacial score (nSPS) is 12.3. The van der Waals surface area contributed by atoms with Crippen molar-refractivity contribution < 1.29 is 29.2 Å². The fourth-order valence-corrected chi connectivity index (χ4v) is 2.40. The lowest BCUT2D eigenvalue weighted by Gasteiger charge is -2.16. The van der Waals surface area contributed by atoms with Crippen molar-refractivity contribution in [2.75, 3.05) is 12.4 Å². The molecule has 5 N–H and O–H groups in total. The zero-order valence-electron chi connectivity index (χ0n) is 18.1. The molecule has 8 nitrogen and oxygen atoms in total. The molecule has 0 bridgehead atoms. The van der Waals surface area contributed by atoms with Crippen molar-refractivity contribution in [1.82, 2.24) is 0 Å². The maximum Gasteiger partial charge on any atom is 0.438 e. The molecule has 0 unspecified atom stereocenters. The van der Waals surface area contributed by atoms with Crippen molar-refractivity contribution in [3.63, 3.8) is 0 Å². The summed E-state index contributed by atoms with van der Waals surface area (Å²) in [5.41, 5.74) is 7.08. The van der Waals surface area contributed by atoms with E-state index in [9.17, 15) is 14.7 Å². The molecule has 0 fully saturated rings. The number of amidine groups is 1. The Balaban J connectivity index is 1.94. The molecule has 0 aliphatic rings. The fraction of sp³-hybridized carbons (Fsp3) is 0.261. The third kappa shape index (κ3) is 7.50. The standard InChI is InChI=1S/C23H27N3O5/c1-23(2,3)19(27)13-20(24)26-22(29)25-17-8-10-18(11-9-17)31-14-15-6-5-7-16(12-15)21(28)30-4/h5-13,27H,14H2,1-4H3,(H3,24,25,26,29)/p+1/b19-13-. The van der Waals surface area contributed by atoms with Gasteiger partial charge in [0, 0.05) is 11.5 Å². The fourth-order valence-electron chi connectivity index (χ4n) is 2.40. The molecular weight excluding hydrogens is 398 g/mol. The second kappa shape index (κ2) is 10.3. The van der Waals surface area contributed by atoms with Gasteiger partial charge in [0.25, 0.3) is 0 Å². The minimum atomic E-state index is -0.538. The Hall–Kier alpha value is -3.81. The summed E-state index contributed by atoms with van der Waals surface area (Å²) in [6.07, 6.45) is 1.31. The minimum Gasteiger partial charge on any atom is -0.512 e. The molecule has 0 aliphatic carbocycles. The van der Waals surface area contributed by atoms with Gasteiger partial charge in [0.15, 0.2) is 0 Å². The van der Waals surface area contributed by atoms with Crippen LogP contribution in [-0.2, 0) is 11.3 Å². The molecule has 8 heteroatoms. The largest absolute Gasteiger partial charge is 0.512 e. The number of ether oxygens (including phenoxy) is 2.